The Balaban J connectivity index is 1.20. The first-order valence-electron chi connectivity index (χ1n) is 18.6. The quantitative estimate of drug-likeness (QED) is 0.145. The average molecular weight is 765 g/mol. The number of fused-ring (bicyclic) bond motifs is 10. The number of nitrogens with zero attached hydrogens (tertiary/aromatic N) is 6. The fraction of sp³-hybridized carbons (Fsp3) is 0.273. The average Bonchev–Trinajstić information content (AvgIpc) is 3.89. The number of halogens is 6. The molecule has 5 aromatic carbocycles. The van der Waals surface area contributed by atoms with Crippen molar-refractivity contribution in [2.75, 3.05) is 0 Å². The Kier molecular flexibility index (Phi) is 7.92. The first kappa shape index (κ1) is 35.9. The van der Waals surface area contributed by atoms with Crippen molar-refractivity contribution in [2.24, 2.45) is 10.8 Å². The highest BCUT2D eigenvalue weighted by molar-refractivity contribution is 5.95. The van der Waals surface area contributed by atoms with Crippen LogP contribution in [0.25, 0.3) is 67.1 Å². The number of aryl methyl sites for hydroxylation is 2. The van der Waals surface area contributed by atoms with Crippen LogP contribution in [0.5, 0.6) is 0 Å². The van der Waals surface area contributed by atoms with E-state index < -0.39 is 23.2 Å². The number of rotatable bonds is 8. The van der Waals surface area contributed by atoms with E-state index in [1.54, 1.807) is 0 Å². The predicted molar refractivity (Wildman–Crippen MR) is 209 cm³/mol. The Labute approximate surface area is 317 Å². The smallest absolute Gasteiger partial charge is 0.278 e. The van der Waals surface area contributed by atoms with Gasteiger partial charge in [0, 0.05) is 0 Å². The van der Waals surface area contributed by atoms with Gasteiger partial charge in [-0.2, -0.15) is 26.3 Å². The maximum Gasteiger partial charge on any atom is 0.393 e. The Hall–Kier alpha value is -5.78. The fourth-order valence-electron chi connectivity index (χ4n) is 7.83. The van der Waals surface area contributed by atoms with E-state index in [1.165, 1.54) is 27.7 Å². The van der Waals surface area contributed by atoms with E-state index in [0.717, 1.165) is 55.6 Å². The van der Waals surface area contributed by atoms with Gasteiger partial charge in [0.1, 0.15) is 0 Å². The van der Waals surface area contributed by atoms with Crippen molar-refractivity contribution < 1.29 is 26.3 Å². The van der Waals surface area contributed by atoms with Crippen molar-refractivity contribution in [3.63, 3.8) is 0 Å². The van der Waals surface area contributed by atoms with Crippen molar-refractivity contribution in [2.45, 2.75) is 65.7 Å². The molecule has 0 unspecified atom stereocenters. The van der Waals surface area contributed by atoms with Crippen LogP contribution in [0.1, 0.15) is 51.7 Å². The summed E-state index contributed by atoms with van der Waals surface area (Å²) in [5.41, 5.74) is 5.97. The third-order valence-corrected chi connectivity index (χ3v) is 11.5. The van der Waals surface area contributed by atoms with Gasteiger partial charge < -0.3 is 0 Å². The molecule has 0 N–H and O–H groups in total. The minimum atomic E-state index is -4.33. The van der Waals surface area contributed by atoms with Crippen molar-refractivity contribution in [3.05, 3.63) is 120 Å². The molecule has 0 bridgehead atoms. The van der Waals surface area contributed by atoms with Gasteiger partial charge in [-0.3, -0.25) is 17.9 Å². The van der Waals surface area contributed by atoms with Crippen LogP contribution in [0, 0.1) is 10.8 Å². The summed E-state index contributed by atoms with van der Waals surface area (Å²) in [6.45, 7) is 4.93. The molecule has 0 aliphatic heterocycles. The Morgan fingerprint density at radius 2 is 0.804 bits per heavy atom. The summed E-state index contributed by atoms with van der Waals surface area (Å²) in [6.07, 6.45) is -8.37. The van der Waals surface area contributed by atoms with Crippen LogP contribution in [0.3, 0.4) is 0 Å². The lowest BCUT2D eigenvalue weighted by atomic mass is 9.85. The summed E-state index contributed by atoms with van der Waals surface area (Å²) in [5, 5.41) is 0. The van der Waals surface area contributed by atoms with Crippen LogP contribution in [0.4, 0.5) is 26.3 Å². The second kappa shape index (κ2) is 12.4. The summed E-state index contributed by atoms with van der Waals surface area (Å²) < 4.78 is 91.1. The highest BCUT2D eigenvalue weighted by Gasteiger charge is 2.47. The second-order valence-electron chi connectivity index (χ2n) is 16.0. The van der Waals surface area contributed by atoms with E-state index in [0.29, 0.717) is 22.6 Å². The van der Waals surface area contributed by atoms with Crippen LogP contribution < -0.4 is 0 Å². The number of alkyl halides is 6. The number of hydrogen-bond donors (Lipinski definition) is 0. The highest BCUT2D eigenvalue weighted by Crippen LogP contribution is 2.43. The van der Waals surface area contributed by atoms with Crippen molar-refractivity contribution >= 4 is 55.7 Å². The molecule has 0 aliphatic carbocycles. The van der Waals surface area contributed by atoms with Crippen molar-refractivity contribution in [1.29, 1.82) is 0 Å². The lowest BCUT2D eigenvalue weighted by Crippen LogP contribution is -2.32. The third kappa shape index (κ3) is 5.47. The number of imidazole rings is 4. The first-order chi connectivity index (χ1) is 26.6. The molecule has 0 atom stereocenters. The zero-order valence-corrected chi connectivity index (χ0v) is 31.2. The number of hydrogen-bond acceptors (Lipinski definition) is 2. The second-order valence-corrected chi connectivity index (χ2v) is 16.0. The zero-order chi connectivity index (χ0) is 39.4. The molecule has 6 nitrogen and oxygen atoms in total. The summed E-state index contributed by atoms with van der Waals surface area (Å²) in [7, 11) is 0. The maximum absolute atomic E-state index is 13.8. The SMILES string of the molecule is CC(C)(CCc1cccc2c1nc1n(-c3cccc(-n4c5ccccc5n5c6cccc(CCC(C)(C)C(F)(F)F)c6nc45)c3)c3ccccc3n21)C(F)(F)F. The molecule has 4 aromatic heterocycles. The topological polar surface area (TPSA) is 44.5 Å². The van der Waals surface area contributed by atoms with Gasteiger partial charge in [-0.25, -0.2) is 9.97 Å². The monoisotopic (exact) mass is 764 g/mol. The molecule has 0 spiro atoms. The molecular formula is C44H38F6N6. The van der Waals surface area contributed by atoms with Gasteiger partial charge >= 0.3 is 12.4 Å². The molecular weight excluding hydrogens is 727 g/mol. The molecule has 4 heterocycles. The van der Waals surface area contributed by atoms with Gasteiger partial charge in [0.2, 0.25) is 11.6 Å². The number of benzene rings is 5. The Morgan fingerprint density at radius 1 is 0.446 bits per heavy atom. The van der Waals surface area contributed by atoms with Crippen LogP contribution in [-0.2, 0) is 12.8 Å². The largest absolute Gasteiger partial charge is 0.393 e. The van der Waals surface area contributed by atoms with E-state index in [4.69, 9.17) is 9.97 Å². The molecule has 0 radical (unpaired) electrons. The summed E-state index contributed by atoms with van der Waals surface area (Å²) in [6, 6.07) is 35.2. The number of aromatic nitrogens is 6. The summed E-state index contributed by atoms with van der Waals surface area (Å²) in [4.78, 5) is 10.2. The minimum absolute atomic E-state index is 0.0741. The molecule has 12 heteroatoms. The van der Waals surface area contributed by atoms with Crippen molar-refractivity contribution in [3.8, 4) is 11.4 Å². The molecule has 9 rings (SSSR count). The minimum Gasteiger partial charge on any atom is -0.278 e. The highest BCUT2D eigenvalue weighted by atomic mass is 19.4. The van der Waals surface area contributed by atoms with Crippen LogP contribution in [0.2, 0.25) is 0 Å². The molecule has 0 saturated heterocycles. The van der Waals surface area contributed by atoms with Gasteiger partial charge in [0.05, 0.1) is 66.3 Å². The van der Waals surface area contributed by atoms with Crippen molar-refractivity contribution in [1.82, 2.24) is 27.9 Å². The summed E-state index contributed by atoms with van der Waals surface area (Å²) in [5.74, 6) is 1.25. The molecule has 0 amide bonds. The summed E-state index contributed by atoms with van der Waals surface area (Å²) >= 11 is 0. The van der Waals surface area contributed by atoms with Gasteiger partial charge in [0.25, 0.3) is 0 Å². The van der Waals surface area contributed by atoms with Gasteiger partial charge in [0.15, 0.2) is 0 Å². The van der Waals surface area contributed by atoms with E-state index in [2.05, 4.69) is 24.0 Å². The van der Waals surface area contributed by atoms with Gasteiger partial charge in [-0.15, -0.1) is 0 Å². The Morgan fingerprint density at radius 3 is 1.20 bits per heavy atom. The van der Waals surface area contributed by atoms with E-state index in [9.17, 15) is 26.3 Å². The van der Waals surface area contributed by atoms with Gasteiger partial charge in [-0.05, 0) is 91.4 Å². The standard InChI is InChI=1S/C44H38F6N6/c1-41(2,43(45,46)47)24-22-27-12-9-20-35-37(27)51-39-53(31-16-5-7-18-33(31)55(35)39)29-14-11-15-30(26-29)54-32-17-6-8-19-34(32)56-36-21-10-13-28(38(36)52-40(54)56)23-25-42(3,4)44(48,49)50/h5-21,26H,22-25H2,1-4H3. The molecule has 56 heavy (non-hydrogen) atoms. The normalized spacial score (nSPS) is 13.5. The molecule has 0 saturated carbocycles. The number of para-hydroxylation sites is 6. The van der Waals surface area contributed by atoms with E-state index >= 15 is 0 Å². The lowest BCUT2D eigenvalue weighted by Gasteiger charge is -2.27. The molecule has 286 valence electrons. The fourth-order valence-corrected chi connectivity index (χ4v) is 7.83. The van der Waals surface area contributed by atoms with E-state index in [1.807, 2.05) is 103 Å². The third-order valence-electron chi connectivity index (χ3n) is 11.5. The predicted octanol–water partition coefficient (Wildman–Crippen LogP) is 12.2. The Bertz CT molecular complexity index is 2770. The molecule has 9 aromatic rings. The van der Waals surface area contributed by atoms with Crippen LogP contribution in [0.15, 0.2) is 109 Å². The molecule has 0 fully saturated rings. The van der Waals surface area contributed by atoms with Crippen LogP contribution in [-0.4, -0.2) is 40.3 Å². The first-order valence-corrected chi connectivity index (χ1v) is 18.6. The lowest BCUT2D eigenvalue weighted by molar-refractivity contribution is -0.213. The van der Waals surface area contributed by atoms with E-state index in [-0.39, 0.29) is 25.7 Å². The van der Waals surface area contributed by atoms with Crippen LogP contribution >= 0.6 is 0 Å². The molecule has 0 aliphatic rings. The zero-order valence-electron chi connectivity index (χ0n) is 31.2. The maximum atomic E-state index is 13.8. The van der Waals surface area contributed by atoms with Gasteiger partial charge in [-0.1, -0.05) is 82.3 Å².